The van der Waals surface area contributed by atoms with Gasteiger partial charge in [-0.25, -0.2) is 4.98 Å². The number of ether oxygens (including phenoxy) is 3. The highest BCUT2D eigenvalue weighted by atomic mass is 16.5. The Balaban J connectivity index is 1.36. The molecule has 0 atom stereocenters. The standard InChI is InChI=1S/C34H36N4O3/c1-4-39-31-12-5-6-13-32(31)41-33-27(14-19-30-25(2)10-9-11-26(30)3)24-35-34(37-33)36-28-15-17-29(18-16-28)40-23-22-38-20-7-8-21-38/h5-6,9-13,15-18,24H,4,7-8,20-23H2,1-3H3,(H,35,36,37). The molecule has 7 heteroatoms. The molecule has 1 aliphatic rings. The molecule has 5 rings (SSSR count). The summed E-state index contributed by atoms with van der Waals surface area (Å²) in [6.07, 6.45) is 4.26. The average Bonchev–Trinajstić information content (AvgIpc) is 3.50. The lowest BCUT2D eigenvalue weighted by Crippen LogP contribution is -2.25. The molecule has 0 bridgehead atoms. The number of rotatable bonds is 10. The van der Waals surface area contributed by atoms with E-state index in [0.717, 1.165) is 34.7 Å². The SMILES string of the molecule is CCOc1ccccc1Oc1nc(Nc2ccc(OCCN3CCCC3)cc2)ncc1C#Cc1c(C)cccc1C. The summed E-state index contributed by atoms with van der Waals surface area (Å²) >= 11 is 0. The van der Waals surface area contributed by atoms with Crippen LogP contribution in [-0.4, -0.2) is 47.7 Å². The van der Waals surface area contributed by atoms with E-state index in [2.05, 4.69) is 53.0 Å². The third-order valence-electron chi connectivity index (χ3n) is 6.90. The third-order valence-corrected chi connectivity index (χ3v) is 6.90. The van der Waals surface area contributed by atoms with Crippen LogP contribution < -0.4 is 19.5 Å². The number of aromatic nitrogens is 2. The van der Waals surface area contributed by atoms with Crippen molar-refractivity contribution in [1.29, 1.82) is 0 Å². The molecule has 0 radical (unpaired) electrons. The van der Waals surface area contributed by atoms with Crippen molar-refractivity contribution in [3.63, 3.8) is 0 Å². The number of likely N-dealkylation sites (tertiary alicyclic amines) is 1. The van der Waals surface area contributed by atoms with Crippen molar-refractivity contribution >= 4 is 11.6 Å². The molecule has 4 aromatic rings. The summed E-state index contributed by atoms with van der Waals surface area (Å²) in [5.74, 6) is 9.30. The fourth-order valence-electron chi connectivity index (χ4n) is 4.71. The van der Waals surface area contributed by atoms with Gasteiger partial charge < -0.3 is 19.5 Å². The first-order valence-corrected chi connectivity index (χ1v) is 14.2. The third kappa shape index (κ3) is 7.56. The van der Waals surface area contributed by atoms with Crippen LogP contribution in [0.25, 0.3) is 0 Å². The zero-order valence-electron chi connectivity index (χ0n) is 23.9. The van der Waals surface area contributed by atoms with Crippen LogP contribution in [0.4, 0.5) is 11.6 Å². The largest absolute Gasteiger partial charge is 0.492 e. The normalized spacial score (nSPS) is 12.9. The van der Waals surface area contributed by atoms with Crippen molar-refractivity contribution in [1.82, 2.24) is 14.9 Å². The quantitative estimate of drug-likeness (QED) is 0.216. The van der Waals surface area contributed by atoms with E-state index in [9.17, 15) is 0 Å². The minimum atomic E-state index is 0.343. The molecule has 0 aliphatic carbocycles. The van der Waals surface area contributed by atoms with Gasteiger partial charge in [-0.05, 0) is 94.2 Å². The Morgan fingerprint density at radius 2 is 1.59 bits per heavy atom. The number of benzene rings is 3. The predicted octanol–water partition coefficient (Wildman–Crippen LogP) is 6.90. The van der Waals surface area contributed by atoms with Gasteiger partial charge in [0.05, 0.1) is 12.8 Å². The van der Waals surface area contributed by atoms with Gasteiger partial charge in [-0.3, -0.25) is 4.90 Å². The molecule has 7 nitrogen and oxygen atoms in total. The van der Waals surface area contributed by atoms with E-state index in [1.54, 1.807) is 6.20 Å². The number of aryl methyl sites for hydroxylation is 2. The lowest BCUT2D eigenvalue weighted by molar-refractivity contribution is 0.238. The van der Waals surface area contributed by atoms with Gasteiger partial charge in [0.2, 0.25) is 11.8 Å². The highest BCUT2D eigenvalue weighted by Crippen LogP contribution is 2.32. The second-order valence-electron chi connectivity index (χ2n) is 9.96. The molecule has 0 amide bonds. The van der Waals surface area contributed by atoms with E-state index in [1.165, 1.54) is 25.9 Å². The van der Waals surface area contributed by atoms with Gasteiger partial charge in [0.25, 0.3) is 0 Å². The number of nitrogens with one attached hydrogen (secondary N) is 1. The summed E-state index contributed by atoms with van der Waals surface area (Å²) in [4.78, 5) is 11.7. The Hall–Kier alpha value is -4.54. The maximum atomic E-state index is 6.28. The molecule has 0 spiro atoms. The summed E-state index contributed by atoms with van der Waals surface area (Å²) in [5, 5.41) is 3.27. The van der Waals surface area contributed by atoms with Crippen molar-refractivity contribution in [2.75, 3.05) is 38.2 Å². The number of anilines is 2. The molecule has 0 unspecified atom stereocenters. The van der Waals surface area contributed by atoms with Crippen LogP contribution in [0.15, 0.2) is 72.9 Å². The summed E-state index contributed by atoms with van der Waals surface area (Å²) < 4.78 is 18.0. The van der Waals surface area contributed by atoms with Crippen LogP contribution in [0, 0.1) is 25.7 Å². The number of hydrogen-bond donors (Lipinski definition) is 1. The molecule has 1 saturated heterocycles. The van der Waals surface area contributed by atoms with Crippen LogP contribution in [0.1, 0.15) is 42.0 Å². The molecule has 2 heterocycles. The first-order chi connectivity index (χ1) is 20.1. The van der Waals surface area contributed by atoms with Gasteiger partial charge in [0.15, 0.2) is 11.5 Å². The Morgan fingerprint density at radius 1 is 0.854 bits per heavy atom. The van der Waals surface area contributed by atoms with Gasteiger partial charge in [-0.2, -0.15) is 4.98 Å². The van der Waals surface area contributed by atoms with E-state index in [4.69, 9.17) is 19.2 Å². The maximum absolute atomic E-state index is 6.28. The van der Waals surface area contributed by atoms with Crippen LogP contribution in [-0.2, 0) is 0 Å². The van der Waals surface area contributed by atoms with Crippen molar-refractivity contribution in [3.05, 3.63) is 95.2 Å². The molecule has 1 aromatic heterocycles. The highest BCUT2D eigenvalue weighted by molar-refractivity contribution is 5.58. The Bertz CT molecular complexity index is 1500. The van der Waals surface area contributed by atoms with Gasteiger partial charge in [0.1, 0.15) is 17.9 Å². The average molecular weight is 549 g/mol. The van der Waals surface area contributed by atoms with Crippen molar-refractivity contribution in [2.24, 2.45) is 0 Å². The fourth-order valence-corrected chi connectivity index (χ4v) is 4.71. The minimum Gasteiger partial charge on any atom is -0.492 e. The topological polar surface area (TPSA) is 68.7 Å². The Morgan fingerprint density at radius 3 is 2.32 bits per heavy atom. The summed E-state index contributed by atoms with van der Waals surface area (Å²) in [6, 6.07) is 21.5. The molecule has 3 aromatic carbocycles. The van der Waals surface area contributed by atoms with E-state index in [-0.39, 0.29) is 0 Å². The van der Waals surface area contributed by atoms with E-state index in [1.807, 2.05) is 61.5 Å². The monoisotopic (exact) mass is 548 g/mol. The smallest absolute Gasteiger partial charge is 0.240 e. The maximum Gasteiger partial charge on any atom is 0.240 e. The number of nitrogens with zero attached hydrogens (tertiary/aromatic N) is 3. The van der Waals surface area contributed by atoms with Crippen LogP contribution in [0.2, 0.25) is 0 Å². The van der Waals surface area contributed by atoms with Crippen LogP contribution >= 0.6 is 0 Å². The second kappa shape index (κ2) is 13.7. The molecule has 1 aliphatic heterocycles. The lowest BCUT2D eigenvalue weighted by atomic mass is 10.0. The zero-order valence-corrected chi connectivity index (χ0v) is 23.9. The number of hydrogen-bond acceptors (Lipinski definition) is 7. The second-order valence-corrected chi connectivity index (χ2v) is 9.96. The minimum absolute atomic E-state index is 0.343. The molecular weight excluding hydrogens is 512 g/mol. The fraction of sp³-hybridized carbons (Fsp3) is 0.294. The van der Waals surface area contributed by atoms with Crippen molar-refractivity contribution in [3.8, 4) is 35.0 Å². The molecule has 0 saturated carbocycles. The molecule has 1 fully saturated rings. The molecular formula is C34H36N4O3. The van der Waals surface area contributed by atoms with Crippen LogP contribution in [0.3, 0.4) is 0 Å². The predicted molar refractivity (Wildman–Crippen MR) is 163 cm³/mol. The van der Waals surface area contributed by atoms with Crippen LogP contribution in [0.5, 0.6) is 23.1 Å². The van der Waals surface area contributed by atoms with Gasteiger partial charge in [-0.1, -0.05) is 42.2 Å². The molecule has 41 heavy (non-hydrogen) atoms. The van der Waals surface area contributed by atoms with Gasteiger partial charge in [-0.15, -0.1) is 0 Å². The zero-order chi connectivity index (χ0) is 28.4. The Kier molecular flexibility index (Phi) is 9.35. The van der Waals surface area contributed by atoms with Gasteiger partial charge >= 0.3 is 0 Å². The van der Waals surface area contributed by atoms with Crippen molar-refractivity contribution in [2.45, 2.75) is 33.6 Å². The molecule has 210 valence electrons. The summed E-state index contributed by atoms with van der Waals surface area (Å²) in [6.45, 7) is 10.6. The van der Waals surface area contributed by atoms with Crippen molar-refractivity contribution < 1.29 is 14.2 Å². The lowest BCUT2D eigenvalue weighted by Gasteiger charge is -2.15. The summed E-state index contributed by atoms with van der Waals surface area (Å²) in [7, 11) is 0. The highest BCUT2D eigenvalue weighted by Gasteiger charge is 2.13. The van der Waals surface area contributed by atoms with E-state index >= 15 is 0 Å². The Labute approximate surface area is 242 Å². The van der Waals surface area contributed by atoms with E-state index < -0.39 is 0 Å². The first kappa shape index (κ1) is 28.0. The first-order valence-electron chi connectivity index (χ1n) is 14.2. The number of para-hydroxylation sites is 2. The van der Waals surface area contributed by atoms with Gasteiger partial charge in [0, 0.05) is 17.8 Å². The van der Waals surface area contributed by atoms with E-state index in [0.29, 0.717) is 42.1 Å². The molecule has 1 N–H and O–H groups in total. The summed E-state index contributed by atoms with van der Waals surface area (Å²) in [5.41, 5.74) is 4.63.